The lowest BCUT2D eigenvalue weighted by molar-refractivity contribution is 0.267. The Bertz CT molecular complexity index is 700. The maximum Gasteiger partial charge on any atom is 0.191 e. The minimum absolute atomic E-state index is 0. The number of likely N-dealkylation sites (tertiary alicyclic amines) is 1. The lowest BCUT2D eigenvalue weighted by Crippen LogP contribution is -2.44. The molecule has 6 nitrogen and oxygen atoms in total. The number of nitrogens with one attached hydrogen (secondary N) is 2. The van der Waals surface area contributed by atoms with Gasteiger partial charge in [-0.3, -0.25) is 14.6 Å². The van der Waals surface area contributed by atoms with E-state index in [1.54, 1.807) is 0 Å². The van der Waals surface area contributed by atoms with Crippen LogP contribution in [0.3, 0.4) is 0 Å². The number of aromatic nitrogens is 2. The third kappa shape index (κ3) is 6.21. The van der Waals surface area contributed by atoms with Crippen molar-refractivity contribution in [3.8, 4) is 0 Å². The Morgan fingerprint density at radius 1 is 1.22 bits per heavy atom. The number of nitrogens with zero attached hydrogens (tertiary/aromatic N) is 4. The molecule has 148 valence electrons. The summed E-state index contributed by atoms with van der Waals surface area (Å²) in [6.07, 6.45) is 6.37. The molecule has 2 N–H and O–H groups in total. The van der Waals surface area contributed by atoms with Crippen LogP contribution in [-0.2, 0) is 13.1 Å². The average Bonchev–Trinajstić information content (AvgIpc) is 3.34. The molecular formula is C20H31IN6. The van der Waals surface area contributed by atoms with Crippen LogP contribution in [0.5, 0.6) is 0 Å². The van der Waals surface area contributed by atoms with E-state index in [0.29, 0.717) is 6.04 Å². The summed E-state index contributed by atoms with van der Waals surface area (Å²) in [4.78, 5) is 6.92. The van der Waals surface area contributed by atoms with Gasteiger partial charge in [-0.25, -0.2) is 0 Å². The van der Waals surface area contributed by atoms with Gasteiger partial charge in [0.1, 0.15) is 0 Å². The Hall–Kier alpha value is -1.61. The first-order valence-corrected chi connectivity index (χ1v) is 9.53. The molecule has 27 heavy (non-hydrogen) atoms. The van der Waals surface area contributed by atoms with Crippen molar-refractivity contribution in [3.05, 3.63) is 53.9 Å². The molecule has 7 heteroatoms. The first kappa shape index (κ1) is 21.7. The molecule has 1 saturated heterocycles. The molecule has 1 atom stereocenters. The highest BCUT2D eigenvalue weighted by Gasteiger charge is 2.22. The number of rotatable bonds is 7. The zero-order valence-corrected chi connectivity index (χ0v) is 18.6. The number of guanidine groups is 1. The summed E-state index contributed by atoms with van der Waals surface area (Å²) in [5.41, 5.74) is 2.54. The third-order valence-electron chi connectivity index (χ3n) is 5.09. The maximum atomic E-state index is 4.38. The van der Waals surface area contributed by atoms with Crippen LogP contribution in [0.4, 0.5) is 0 Å². The third-order valence-corrected chi connectivity index (χ3v) is 5.09. The predicted molar refractivity (Wildman–Crippen MR) is 122 cm³/mol. The van der Waals surface area contributed by atoms with Gasteiger partial charge >= 0.3 is 0 Å². The molecule has 1 aromatic heterocycles. The number of aliphatic imine (C=N–C) groups is 1. The average molecular weight is 482 g/mol. The summed E-state index contributed by atoms with van der Waals surface area (Å²) >= 11 is 0. The SMILES string of the molecule is CCN1CCCC1CNC(=NC)NCc1ccccc1Cn1cccn1.I. The van der Waals surface area contributed by atoms with E-state index in [9.17, 15) is 0 Å². The van der Waals surface area contributed by atoms with Crippen LogP contribution < -0.4 is 10.6 Å². The van der Waals surface area contributed by atoms with Gasteiger partial charge in [0.2, 0.25) is 0 Å². The lowest BCUT2D eigenvalue weighted by Gasteiger charge is -2.24. The van der Waals surface area contributed by atoms with E-state index >= 15 is 0 Å². The van der Waals surface area contributed by atoms with Crippen LogP contribution in [0.15, 0.2) is 47.7 Å². The van der Waals surface area contributed by atoms with Gasteiger partial charge in [0.05, 0.1) is 6.54 Å². The smallest absolute Gasteiger partial charge is 0.191 e. The molecule has 3 rings (SSSR count). The van der Waals surface area contributed by atoms with Crippen LogP contribution in [0.1, 0.15) is 30.9 Å². The standard InChI is InChI=1S/C20H30N6.HI/c1-3-25-12-6-10-19(25)15-23-20(21-2)22-14-17-8-4-5-9-18(17)16-26-13-7-11-24-26;/h4-5,7-9,11,13,19H,3,6,10,12,14-16H2,1-2H3,(H2,21,22,23);1H. The van der Waals surface area contributed by atoms with Crippen LogP contribution >= 0.6 is 24.0 Å². The van der Waals surface area contributed by atoms with Gasteiger partial charge in [0.25, 0.3) is 0 Å². The molecular weight excluding hydrogens is 451 g/mol. The molecule has 0 aliphatic carbocycles. The van der Waals surface area contributed by atoms with Crippen molar-refractivity contribution in [2.75, 3.05) is 26.7 Å². The molecule has 2 aromatic rings. The molecule has 2 heterocycles. The van der Waals surface area contributed by atoms with Crippen molar-refractivity contribution >= 4 is 29.9 Å². The van der Waals surface area contributed by atoms with Crippen molar-refractivity contribution < 1.29 is 0 Å². The normalized spacial score (nSPS) is 17.6. The Labute approximate surface area is 179 Å². The molecule has 0 spiro atoms. The van der Waals surface area contributed by atoms with Gasteiger partial charge in [-0.15, -0.1) is 24.0 Å². The Morgan fingerprint density at radius 3 is 2.74 bits per heavy atom. The van der Waals surface area contributed by atoms with Gasteiger partial charge in [-0.1, -0.05) is 31.2 Å². The van der Waals surface area contributed by atoms with Gasteiger partial charge in [-0.2, -0.15) is 5.10 Å². The van der Waals surface area contributed by atoms with Gasteiger partial charge in [0, 0.05) is 38.6 Å². The van der Waals surface area contributed by atoms with Crippen molar-refractivity contribution in [2.45, 2.75) is 38.9 Å². The monoisotopic (exact) mass is 482 g/mol. The van der Waals surface area contributed by atoms with Crippen molar-refractivity contribution in [3.63, 3.8) is 0 Å². The highest BCUT2D eigenvalue weighted by Crippen LogP contribution is 2.15. The molecule has 0 amide bonds. The van der Waals surface area contributed by atoms with E-state index in [1.165, 1.54) is 30.5 Å². The van der Waals surface area contributed by atoms with Crippen LogP contribution in [0.25, 0.3) is 0 Å². The summed E-state index contributed by atoms with van der Waals surface area (Å²) in [5, 5.41) is 11.3. The van der Waals surface area contributed by atoms with Crippen molar-refractivity contribution in [1.29, 1.82) is 0 Å². The second-order valence-corrected chi connectivity index (χ2v) is 6.70. The fourth-order valence-electron chi connectivity index (χ4n) is 3.61. The molecule has 1 fully saturated rings. The topological polar surface area (TPSA) is 57.5 Å². The molecule has 1 aliphatic heterocycles. The van der Waals surface area contributed by atoms with E-state index in [1.807, 2.05) is 30.2 Å². The Kier molecular flexibility index (Phi) is 9.06. The van der Waals surface area contributed by atoms with E-state index < -0.39 is 0 Å². The largest absolute Gasteiger partial charge is 0.355 e. The number of likely N-dealkylation sites (N-methyl/N-ethyl adjacent to an activating group) is 1. The van der Waals surface area contributed by atoms with Crippen molar-refractivity contribution in [1.82, 2.24) is 25.3 Å². The molecule has 1 aliphatic rings. The van der Waals surface area contributed by atoms with Crippen molar-refractivity contribution in [2.24, 2.45) is 4.99 Å². The van der Waals surface area contributed by atoms with Crippen LogP contribution in [-0.4, -0.2) is 53.4 Å². The van der Waals surface area contributed by atoms with E-state index in [0.717, 1.165) is 32.1 Å². The lowest BCUT2D eigenvalue weighted by atomic mass is 10.1. The molecule has 0 bridgehead atoms. The summed E-state index contributed by atoms with van der Waals surface area (Å²) in [7, 11) is 1.83. The highest BCUT2D eigenvalue weighted by atomic mass is 127. The predicted octanol–water partition coefficient (Wildman–Crippen LogP) is 2.70. The first-order chi connectivity index (χ1) is 12.8. The quantitative estimate of drug-likeness (QED) is 0.362. The molecule has 0 radical (unpaired) electrons. The maximum absolute atomic E-state index is 4.38. The summed E-state index contributed by atoms with van der Waals surface area (Å²) in [5.74, 6) is 0.863. The summed E-state index contributed by atoms with van der Waals surface area (Å²) in [6.45, 7) is 7.06. The van der Waals surface area contributed by atoms with Crippen LogP contribution in [0, 0.1) is 0 Å². The fraction of sp³-hybridized carbons (Fsp3) is 0.500. The van der Waals surface area contributed by atoms with Gasteiger partial charge < -0.3 is 10.6 Å². The Balaban J connectivity index is 0.00000261. The minimum Gasteiger partial charge on any atom is -0.355 e. The second kappa shape index (κ2) is 11.3. The molecule has 1 unspecified atom stereocenters. The summed E-state index contributed by atoms with van der Waals surface area (Å²) in [6, 6.07) is 11.0. The number of hydrogen-bond acceptors (Lipinski definition) is 3. The second-order valence-electron chi connectivity index (χ2n) is 6.70. The highest BCUT2D eigenvalue weighted by molar-refractivity contribution is 14.0. The molecule has 0 saturated carbocycles. The van der Waals surface area contributed by atoms with E-state index in [-0.39, 0.29) is 24.0 Å². The molecule has 1 aromatic carbocycles. The Morgan fingerprint density at radius 2 is 2.04 bits per heavy atom. The zero-order chi connectivity index (χ0) is 18.2. The van der Waals surface area contributed by atoms with Crippen LogP contribution in [0.2, 0.25) is 0 Å². The zero-order valence-electron chi connectivity index (χ0n) is 16.3. The van der Waals surface area contributed by atoms with E-state index in [2.05, 4.69) is 56.8 Å². The first-order valence-electron chi connectivity index (χ1n) is 9.53. The van der Waals surface area contributed by atoms with Gasteiger partial charge in [-0.05, 0) is 43.1 Å². The summed E-state index contributed by atoms with van der Waals surface area (Å²) < 4.78 is 1.95. The minimum atomic E-state index is 0. The fourth-order valence-corrected chi connectivity index (χ4v) is 3.61. The number of halogens is 1. The number of hydrogen-bond donors (Lipinski definition) is 2. The van der Waals surface area contributed by atoms with E-state index in [4.69, 9.17) is 0 Å². The number of benzene rings is 1. The van der Waals surface area contributed by atoms with Gasteiger partial charge in [0.15, 0.2) is 5.96 Å².